The van der Waals surface area contributed by atoms with E-state index in [0.717, 1.165) is 6.42 Å². The smallest absolute Gasteiger partial charge is 0.542 e. The molecule has 0 aliphatic heterocycles. The molecule has 8 nitrogen and oxygen atoms in total. The van der Waals surface area contributed by atoms with Crippen LogP contribution >= 0.6 is 0 Å². The number of rotatable bonds is 3. The number of hydrogen-bond donors (Lipinski definition) is 2. The number of nitrogens with zero attached hydrogens (tertiary/aromatic N) is 1. The van der Waals surface area contributed by atoms with E-state index < -0.39 is 0 Å². The molecule has 0 spiro atoms. The molecule has 0 saturated heterocycles. The van der Waals surface area contributed by atoms with Crippen LogP contribution in [0.15, 0.2) is 4.99 Å². The number of hydrogen-bond acceptors (Lipinski definition) is 6. The molecule has 6 radical (unpaired) electrons. The predicted octanol–water partition coefficient (Wildman–Crippen LogP) is 12.8. The van der Waals surface area contributed by atoms with Crippen molar-refractivity contribution >= 4 is 43.1 Å². The van der Waals surface area contributed by atoms with Crippen LogP contribution in [0.25, 0.3) is 0 Å². The fourth-order valence-electron chi connectivity index (χ4n) is 1.33. The van der Waals surface area contributed by atoms with Gasteiger partial charge in [-0.15, -0.1) is 29.1 Å². The first-order chi connectivity index (χ1) is 23.6. The van der Waals surface area contributed by atoms with Crippen molar-refractivity contribution in [2.75, 3.05) is 0 Å². The van der Waals surface area contributed by atoms with E-state index in [1.165, 1.54) is 5.92 Å². The molecule has 0 aromatic carbocycles. The average molecular weight is 1080 g/mol. The van der Waals surface area contributed by atoms with Gasteiger partial charge in [-0.2, -0.15) is 26.2 Å². The maximum Gasteiger partial charge on any atom is 2.00 e. The Balaban J connectivity index is -0.0000000351. The number of carbonyl (C=O) groups excluding carboxylic acids is 5. The van der Waals surface area contributed by atoms with Gasteiger partial charge in [-0.3, -0.25) is 36.8 Å². The number of nitrogens with one attached hydrogen (secondary N) is 1. The van der Waals surface area contributed by atoms with E-state index in [9.17, 15) is 24.0 Å². The molecule has 14 heteroatoms. The van der Waals surface area contributed by atoms with Gasteiger partial charge in [0.25, 0.3) is 0 Å². The zero-order valence-corrected chi connectivity index (χ0v) is 52.5. The van der Waals surface area contributed by atoms with Gasteiger partial charge in [-0.25, -0.2) is 4.99 Å². The molecule has 0 aliphatic carbocycles. The average Bonchev–Trinajstić information content (AvgIpc) is 2.85. The molecule has 358 valence electrons. The van der Waals surface area contributed by atoms with E-state index in [-0.39, 0.29) is 155 Å². The molecule has 0 saturated carbocycles. The van der Waals surface area contributed by atoms with Gasteiger partial charge in [0, 0.05) is 86.1 Å². The van der Waals surface area contributed by atoms with Crippen LogP contribution < -0.4 is 5.73 Å². The molecule has 0 aromatic heterocycles. The molecule has 0 rings (SSSR count). The van der Waals surface area contributed by atoms with Crippen molar-refractivity contribution in [2.45, 2.75) is 206 Å². The van der Waals surface area contributed by atoms with Gasteiger partial charge in [-0.1, -0.05) is 177 Å². The maximum absolute atomic E-state index is 9.70. The summed E-state index contributed by atoms with van der Waals surface area (Å²) in [6, 6.07) is 0. The minimum atomic E-state index is -0.264. The van der Waals surface area contributed by atoms with E-state index >= 15 is 0 Å². The number of nitrogens with two attached hydrogens (primary N) is 1. The molecule has 61 heavy (non-hydrogen) atoms. The van der Waals surface area contributed by atoms with Gasteiger partial charge >= 0.3 is 37.1 Å². The molecule has 0 atom stereocenters. The van der Waals surface area contributed by atoms with Crippen molar-refractivity contribution in [3.05, 3.63) is 12.8 Å². The maximum atomic E-state index is 9.70. The Morgan fingerprint density at radius 1 is 0.508 bits per heavy atom. The van der Waals surface area contributed by atoms with E-state index in [1.807, 2.05) is 156 Å². The van der Waals surface area contributed by atoms with Gasteiger partial charge in [0.15, 0.2) is 0 Å². The summed E-state index contributed by atoms with van der Waals surface area (Å²) in [5.74, 6) is 2.32. The van der Waals surface area contributed by atoms with E-state index in [0.29, 0.717) is 24.5 Å². The van der Waals surface area contributed by atoms with Crippen LogP contribution in [0.1, 0.15) is 206 Å². The van der Waals surface area contributed by atoms with Crippen molar-refractivity contribution in [1.29, 1.82) is 5.41 Å². The fourth-order valence-corrected chi connectivity index (χ4v) is 1.33. The summed E-state index contributed by atoms with van der Waals surface area (Å²) in [6.45, 7) is 56.9. The summed E-state index contributed by atoms with van der Waals surface area (Å²) < 4.78 is 0. The van der Waals surface area contributed by atoms with Crippen molar-refractivity contribution in [1.82, 2.24) is 0 Å². The fraction of sp³-hybridized carbons (Fsp3) is 0.809. The monoisotopic (exact) mass is 1080 g/mol. The molecule has 0 unspecified atom stereocenters. The van der Waals surface area contributed by atoms with Crippen molar-refractivity contribution < 1.29 is 135 Å². The Hall–Kier alpha value is 0.996. The zero-order valence-electron chi connectivity index (χ0n) is 44.1. The van der Waals surface area contributed by atoms with Gasteiger partial charge in [0.05, 0.1) is 0 Å². The predicted molar refractivity (Wildman–Crippen MR) is 243 cm³/mol. The first-order valence-electron chi connectivity index (χ1n) is 19.0. The van der Waals surface area contributed by atoms with Crippen molar-refractivity contribution in [3.8, 4) is 0 Å². The minimum absolute atomic E-state index is 0. The topological polar surface area (TPSA) is 148 Å². The van der Waals surface area contributed by atoms with Crippen LogP contribution in [-0.2, 0) is 135 Å². The van der Waals surface area contributed by atoms with E-state index in [2.05, 4.69) is 74.2 Å². The summed E-state index contributed by atoms with van der Waals surface area (Å²) in [5.41, 5.74) is 5.39. The minimum Gasteiger partial charge on any atom is -0.542 e. The van der Waals surface area contributed by atoms with Crippen LogP contribution in [0.3, 0.4) is 0 Å². The molecule has 0 aliphatic rings. The van der Waals surface area contributed by atoms with E-state index in [4.69, 9.17) is 11.1 Å². The second-order valence-electron chi connectivity index (χ2n) is 22.8. The second-order valence-corrected chi connectivity index (χ2v) is 22.8. The SMILES string of the molecule is CC(C)(C)CC(N)=NC(=N)C(C)(C)C.CC(C)(C)C[C-]=O.CC(C)(C)C[C-]=O.CC(C)(C)[C-]=O.CC(C)(C)[C-]=O.CC(C)(C)[C-]=O.C[C-](C)C.[CH2-]C(C)(C)C.[V+2].[V+2].[V].[V].[V].[V]. The van der Waals surface area contributed by atoms with Crippen LogP contribution in [0.2, 0.25) is 0 Å². The molecule has 0 amide bonds. The largest absolute Gasteiger partial charge is 2.00 e. The Labute approximate surface area is 452 Å². The number of aliphatic imine (C=N–C) groups is 1. The van der Waals surface area contributed by atoms with Crippen LogP contribution in [0.5, 0.6) is 0 Å². The summed E-state index contributed by atoms with van der Waals surface area (Å²) in [6.07, 6.45) is 11.1. The van der Waals surface area contributed by atoms with Gasteiger partial charge in [0.2, 0.25) is 0 Å². The summed E-state index contributed by atoms with van der Waals surface area (Å²) >= 11 is 0. The van der Waals surface area contributed by atoms with E-state index in [1.54, 1.807) is 0 Å². The standard InChI is InChI=1S/C11H23N3.2C6H11O.3C5H9O.C5H11.C4H9.6V/c1-10(2,3)7-8(12)14-9(13)11(4,5)6;2*1-6(2,3)4-5-7;3*1-5(2,3)4-6;1-5(2,3)4;1-4(2)3;;;;;;/h7H2,1-6H3,(H3,12,13,14);2*4H2,1-3H3;3*1-3H3;1H2,2-4H3;1-3H3;;;;;;/q;7*-1;;;;;2*+2. The van der Waals surface area contributed by atoms with Crippen LogP contribution in [-0.4, -0.2) is 43.1 Å². The summed E-state index contributed by atoms with van der Waals surface area (Å²) in [5, 5.41) is 7.71. The van der Waals surface area contributed by atoms with Gasteiger partial charge in [-0.05, 0) is 5.41 Å². The molecular formula is C47H92N3O5V6-3. The first kappa shape index (κ1) is 100. The normalized spacial score (nSPS) is 10.7. The Morgan fingerprint density at radius 3 is 0.738 bits per heavy atom. The van der Waals surface area contributed by atoms with Gasteiger partial charge < -0.3 is 42.5 Å². The second kappa shape index (κ2) is 48.9. The van der Waals surface area contributed by atoms with Crippen molar-refractivity contribution in [2.24, 2.45) is 54.0 Å². The van der Waals surface area contributed by atoms with Crippen LogP contribution in [0.4, 0.5) is 0 Å². The molecule has 0 bridgehead atoms. The third-order valence-corrected chi connectivity index (χ3v) is 3.80. The zero-order chi connectivity index (χ0) is 47.1. The Kier molecular flexibility index (Phi) is 80.3. The molecule has 0 heterocycles. The first-order valence-corrected chi connectivity index (χ1v) is 19.0. The molecule has 0 fully saturated rings. The third-order valence-electron chi connectivity index (χ3n) is 3.80. The molecule has 0 aromatic rings. The molecular weight excluding hydrogens is 992 g/mol. The third kappa shape index (κ3) is 195. The summed E-state index contributed by atoms with van der Waals surface area (Å²) in [7, 11) is 0. The Bertz CT molecular complexity index is 957. The molecule has 3 N–H and O–H groups in total. The van der Waals surface area contributed by atoms with Crippen molar-refractivity contribution in [3.63, 3.8) is 0 Å². The van der Waals surface area contributed by atoms with Crippen LogP contribution in [0, 0.1) is 61.6 Å². The Morgan fingerprint density at radius 2 is 0.672 bits per heavy atom. The summed E-state index contributed by atoms with van der Waals surface area (Å²) in [4.78, 5) is 52.6. The van der Waals surface area contributed by atoms with Gasteiger partial charge in [0.1, 0.15) is 11.7 Å². The quantitative estimate of drug-likeness (QED) is 0.163. The number of amidine groups is 2.